The van der Waals surface area contributed by atoms with Gasteiger partial charge in [0.2, 0.25) is 0 Å². The van der Waals surface area contributed by atoms with Crippen LogP contribution in [0.4, 0.5) is 4.79 Å². The lowest BCUT2D eigenvalue weighted by Gasteiger charge is -2.29. The number of rotatable bonds is 8. The van der Waals surface area contributed by atoms with E-state index in [9.17, 15) is 18.0 Å². The van der Waals surface area contributed by atoms with Crippen molar-refractivity contribution in [1.82, 2.24) is 20.8 Å². The second-order valence-electron chi connectivity index (χ2n) is 5.98. The van der Waals surface area contributed by atoms with E-state index in [-0.39, 0.29) is 19.3 Å². The Bertz CT molecular complexity index is 625. The summed E-state index contributed by atoms with van der Waals surface area (Å²) in [6, 6.07) is -2.12. The Morgan fingerprint density at radius 1 is 1.32 bits per heavy atom. The van der Waals surface area contributed by atoms with E-state index in [1.165, 1.54) is 4.90 Å². The number of amides is 3. The number of hydroxylamine groups is 3. The molecule has 3 aliphatic heterocycles. The number of ether oxygens (including phenoxy) is 1. The summed E-state index contributed by atoms with van der Waals surface area (Å²) in [6.07, 6.45) is 0.847. The molecule has 0 spiro atoms. The van der Waals surface area contributed by atoms with Crippen LogP contribution in [0, 0.1) is 0 Å². The van der Waals surface area contributed by atoms with Crippen LogP contribution < -0.4 is 10.8 Å². The van der Waals surface area contributed by atoms with Crippen molar-refractivity contribution in [3.05, 3.63) is 0 Å². The van der Waals surface area contributed by atoms with E-state index in [0.29, 0.717) is 24.5 Å². The van der Waals surface area contributed by atoms with Crippen LogP contribution in [0.5, 0.6) is 0 Å². The van der Waals surface area contributed by atoms with Gasteiger partial charge in [-0.15, -0.1) is 4.28 Å². The SMILES string of the molecule is O=C(NOCCOC1CNC1)[C@@H]1CC[C@@H]2CN1C(=O)N2OS(=O)(=O)O. The smallest absolute Gasteiger partial charge is 0.373 e. The fraction of sp³-hybridized carbons (Fsp3) is 0.833. The van der Waals surface area contributed by atoms with Gasteiger partial charge in [-0.25, -0.2) is 10.3 Å². The van der Waals surface area contributed by atoms with Gasteiger partial charge in [-0.1, -0.05) is 0 Å². The van der Waals surface area contributed by atoms with Crippen molar-refractivity contribution in [2.75, 3.05) is 32.8 Å². The van der Waals surface area contributed by atoms with Crippen molar-refractivity contribution in [2.45, 2.75) is 31.0 Å². The molecule has 0 aliphatic carbocycles. The van der Waals surface area contributed by atoms with Gasteiger partial charge >= 0.3 is 16.4 Å². The highest BCUT2D eigenvalue weighted by Gasteiger charge is 2.49. The van der Waals surface area contributed by atoms with Gasteiger partial charge in [0.15, 0.2) is 0 Å². The summed E-state index contributed by atoms with van der Waals surface area (Å²) >= 11 is 0. The maximum atomic E-state index is 12.2. The first-order chi connectivity index (χ1) is 11.8. The highest BCUT2D eigenvalue weighted by molar-refractivity contribution is 7.80. The van der Waals surface area contributed by atoms with Gasteiger partial charge in [-0.3, -0.25) is 14.2 Å². The summed E-state index contributed by atoms with van der Waals surface area (Å²) < 4.78 is 40.1. The van der Waals surface area contributed by atoms with Crippen molar-refractivity contribution >= 4 is 22.3 Å². The number of hydrogen-bond donors (Lipinski definition) is 3. The zero-order chi connectivity index (χ0) is 18.0. The lowest BCUT2D eigenvalue weighted by atomic mass is 10.0. The van der Waals surface area contributed by atoms with E-state index < -0.39 is 34.4 Å². The molecule has 3 N–H and O–H groups in total. The molecular weight excluding hydrogens is 360 g/mol. The molecule has 12 nitrogen and oxygen atoms in total. The second-order valence-corrected chi connectivity index (χ2v) is 6.98. The van der Waals surface area contributed by atoms with Crippen LogP contribution in [0.25, 0.3) is 0 Å². The van der Waals surface area contributed by atoms with Crippen molar-refractivity contribution in [3.63, 3.8) is 0 Å². The highest BCUT2D eigenvalue weighted by atomic mass is 32.3. The van der Waals surface area contributed by atoms with Crippen LogP contribution in [0.3, 0.4) is 0 Å². The normalized spacial score (nSPS) is 26.7. The first kappa shape index (κ1) is 18.3. The van der Waals surface area contributed by atoms with E-state index in [2.05, 4.69) is 15.1 Å². The Morgan fingerprint density at radius 2 is 2.08 bits per heavy atom. The Balaban J connectivity index is 1.45. The molecule has 3 saturated heterocycles. The number of carbonyl (C=O) groups excluding carboxylic acids is 2. The Morgan fingerprint density at radius 3 is 2.72 bits per heavy atom. The van der Waals surface area contributed by atoms with Crippen LogP contribution in [-0.2, 0) is 29.1 Å². The van der Waals surface area contributed by atoms with Gasteiger partial charge < -0.3 is 15.0 Å². The largest absolute Gasteiger partial charge is 0.418 e. The van der Waals surface area contributed by atoms with Gasteiger partial charge in [-0.2, -0.15) is 13.5 Å². The maximum Gasteiger partial charge on any atom is 0.418 e. The molecule has 2 atom stereocenters. The number of fused-ring (bicyclic) bond motifs is 2. The molecule has 3 aliphatic rings. The fourth-order valence-electron chi connectivity index (χ4n) is 2.93. The molecule has 3 amide bonds. The molecule has 3 heterocycles. The minimum atomic E-state index is -4.81. The van der Waals surface area contributed by atoms with E-state index in [1.54, 1.807) is 0 Å². The predicted octanol–water partition coefficient (Wildman–Crippen LogP) is -1.97. The van der Waals surface area contributed by atoms with E-state index >= 15 is 0 Å². The summed E-state index contributed by atoms with van der Waals surface area (Å²) in [7, 11) is -4.81. The molecule has 13 heteroatoms. The third kappa shape index (κ3) is 4.37. The zero-order valence-corrected chi connectivity index (χ0v) is 14.1. The van der Waals surface area contributed by atoms with Crippen LogP contribution in [-0.4, -0.2) is 85.9 Å². The van der Waals surface area contributed by atoms with E-state index in [0.717, 1.165) is 13.1 Å². The minimum absolute atomic E-state index is 0.129. The summed E-state index contributed by atoms with van der Waals surface area (Å²) in [5, 5.41) is 3.65. The second kappa shape index (κ2) is 7.39. The number of nitrogens with one attached hydrogen (secondary N) is 2. The molecule has 0 unspecified atom stereocenters. The van der Waals surface area contributed by atoms with Crippen LogP contribution >= 0.6 is 0 Å². The summed E-state index contributed by atoms with van der Waals surface area (Å²) in [5.41, 5.74) is 2.27. The quantitative estimate of drug-likeness (QED) is 0.248. The van der Waals surface area contributed by atoms with E-state index in [4.69, 9.17) is 14.1 Å². The van der Waals surface area contributed by atoms with Crippen molar-refractivity contribution in [3.8, 4) is 0 Å². The van der Waals surface area contributed by atoms with Crippen molar-refractivity contribution < 1.29 is 36.4 Å². The molecule has 25 heavy (non-hydrogen) atoms. The van der Waals surface area contributed by atoms with E-state index in [1.807, 2.05) is 0 Å². The third-order valence-corrected chi connectivity index (χ3v) is 4.60. The highest BCUT2D eigenvalue weighted by Crippen LogP contribution is 2.30. The standard InChI is InChI=1S/C12H20N4O8S/c17-11(14-23-4-3-22-9-5-13-6-9)10-2-1-8-7-15(10)12(18)16(8)24-25(19,20)21/h8-10,13H,1-7H2,(H,14,17)(H,19,20,21)/t8-,10+/m1/s1. The monoisotopic (exact) mass is 380 g/mol. The average molecular weight is 380 g/mol. The number of hydrogen-bond acceptors (Lipinski definition) is 8. The fourth-order valence-corrected chi connectivity index (χ4v) is 3.32. The molecule has 0 saturated carbocycles. The topological polar surface area (TPSA) is 147 Å². The van der Waals surface area contributed by atoms with Gasteiger partial charge in [0.05, 0.1) is 25.4 Å². The third-order valence-electron chi connectivity index (χ3n) is 4.26. The Labute approximate surface area is 144 Å². The number of urea groups is 1. The van der Waals surface area contributed by atoms with Gasteiger partial charge in [-0.05, 0) is 12.8 Å². The lowest BCUT2D eigenvalue weighted by molar-refractivity contribution is -0.140. The first-order valence-corrected chi connectivity index (χ1v) is 9.22. The van der Waals surface area contributed by atoms with Gasteiger partial charge in [0.1, 0.15) is 6.04 Å². The predicted molar refractivity (Wildman–Crippen MR) is 80.1 cm³/mol. The van der Waals surface area contributed by atoms with Crippen LogP contribution in [0.2, 0.25) is 0 Å². The first-order valence-electron chi connectivity index (χ1n) is 7.86. The molecular formula is C12H20N4O8S. The molecule has 142 valence electrons. The summed E-state index contributed by atoms with van der Waals surface area (Å²) in [4.78, 5) is 30.6. The molecule has 0 aromatic rings. The van der Waals surface area contributed by atoms with Crippen molar-refractivity contribution in [2.24, 2.45) is 0 Å². The molecule has 0 radical (unpaired) electrons. The minimum Gasteiger partial charge on any atom is -0.373 e. The number of carbonyl (C=O) groups is 2. The molecule has 0 aromatic heterocycles. The van der Waals surface area contributed by atoms with Gasteiger partial charge in [0, 0.05) is 19.6 Å². The molecule has 3 fully saturated rings. The molecule has 0 aromatic carbocycles. The lowest BCUT2D eigenvalue weighted by Crippen LogP contribution is -2.50. The van der Waals surface area contributed by atoms with Gasteiger partial charge in [0.25, 0.3) is 5.91 Å². The Kier molecular flexibility index (Phi) is 5.41. The number of piperidine rings is 1. The summed E-state index contributed by atoms with van der Waals surface area (Å²) in [6.45, 7) is 2.23. The van der Waals surface area contributed by atoms with Crippen LogP contribution in [0.15, 0.2) is 0 Å². The number of nitrogens with zero attached hydrogens (tertiary/aromatic N) is 2. The summed E-state index contributed by atoms with van der Waals surface area (Å²) in [5.74, 6) is -0.509. The van der Waals surface area contributed by atoms with Crippen LogP contribution in [0.1, 0.15) is 12.8 Å². The average Bonchev–Trinajstić information content (AvgIpc) is 2.72. The molecule has 3 rings (SSSR count). The zero-order valence-electron chi connectivity index (χ0n) is 13.3. The Hall–Kier alpha value is -1.51. The van der Waals surface area contributed by atoms with Crippen molar-refractivity contribution in [1.29, 1.82) is 0 Å². The maximum absolute atomic E-state index is 12.2. The molecule has 2 bridgehead atoms.